The summed E-state index contributed by atoms with van der Waals surface area (Å²) in [6, 6.07) is 4.55. The molecular formula is C29H34ClN9O4. The number of fused-ring (bicyclic) bond motifs is 1. The normalized spacial score (nSPS) is 15.7. The minimum Gasteiger partial charge on any atom is -0.497 e. The van der Waals surface area contributed by atoms with Crippen LogP contribution in [0.1, 0.15) is 18.4 Å². The zero-order valence-electron chi connectivity index (χ0n) is 24.5. The third kappa shape index (κ3) is 6.62. The SMILES string of the molecule is COc1cc(OC)c(Cl)c(N2Cc3cnc(Nc4ccncn4)nc3N(C3CCN(C(=O)/C=C/CN(C)C)CC3)C2=O)c1. The van der Waals surface area contributed by atoms with E-state index in [0.29, 0.717) is 67.2 Å². The van der Waals surface area contributed by atoms with Crippen LogP contribution in [0.5, 0.6) is 11.5 Å². The van der Waals surface area contributed by atoms with E-state index < -0.39 is 0 Å². The van der Waals surface area contributed by atoms with Gasteiger partial charge in [-0.05, 0) is 33.0 Å². The number of hydrogen-bond acceptors (Lipinski definition) is 10. The number of hydrogen-bond donors (Lipinski definition) is 1. The minimum absolute atomic E-state index is 0.0405. The second-order valence-corrected chi connectivity index (χ2v) is 10.8. The van der Waals surface area contributed by atoms with Crippen molar-refractivity contribution >= 4 is 46.8 Å². The molecule has 0 unspecified atom stereocenters. The van der Waals surface area contributed by atoms with E-state index in [1.54, 1.807) is 46.5 Å². The lowest BCUT2D eigenvalue weighted by molar-refractivity contribution is -0.127. The molecule has 4 heterocycles. The van der Waals surface area contributed by atoms with E-state index >= 15 is 0 Å². The van der Waals surface area contributed by atoms with Crippen molar-refractivity contribution in [1.29, 1.82) is 0 Å². The summed E-state index contributed by atoms with van der Waals surface area (Å²) < 4.78 is 10.9. The Morgan fingerprint density at radius 2 is 1.98 bits per heavy atom. The average molecular weight is 608 g/mol. The molecule has 14 heteroatoms. The molecule has 5 rings (SSSR count). The number of rotatable bonds is 9. The van der Waals surface area contributed by atoms with Crippen molar-refractivity contribution in [3.05, 3.63) is 59.7 Å². The summed E-state index contributed by atoms with van der Waals surface area (Å²) in [7, 11) is 6.94. The molecule has 0 atom stereocenters. The largest absolute Gasteiger partial charge is 0.497 e. The van der Waals surface area contributed by atoms with Gasteiger partial charge in [0.1, 0.15) is 34.5 Å². The fourth-order valence-corrected chi connectivity index (χ4v) is 5.36. The Balaban J connectivity index is 1.47. The average Bonchev–Trinajstić information content (AvgIpc) is 3.01. The van der Waals surface area contributed by atoms with Crippen molar-refractivity contribution in [2.24, 2.45) is 0 Å². The zero-order chi connectivity index (χ0) is 30.5. The van der Waals surface area contributed by atoms with Gasteiger partial charge in [0.2, 0.25) is 11.9 Å². The first kappa shape index (κ1) is 30.0. The number of aromatic nitrogens is 4. The smallest absolute Gasteiger partial charge is 0.330 e. The fourth-order valence-electron chi connectivity index (χ4n) is 5.07. The molecule has 0 bridgehead atoms. The van der Waals surface area contributed by atoms with E-state index in [0.717, 1.165) is 5.56 Å². The van der Waals surface area contributed by atoms with E-state index in [1.807, 2.05) is 30.0 Å². The Morgan fingerprint density at radius 1 is 1.19 bits per heavy atom. The van der Waals surface area contributed by atoms with Gasteiger partial charge >= 0.3 is 6.03 Å². The van der Waals surface area contributed by atoms with Crippen LogP contribution in [0.25, 0.3) is 0 Å². The molecule has 2 aromatic heterocycles. The van der Waals surface area contributed by atoms with Gasteiger partial charge in [-0.3, -0.25) is 14.6 Å². The van der Waals surface area contributed by atoms with Crippen LogP contribution in [0, 0.1) is 0 Å². The van der Waals surface area contributed by atoms with Gasteiger partial charge in [0.25, 0.3) is 0 Å². The number of ether oxygens (including phenoxy) is 2. The van der Waals surface area contributed by atoms with Crippen LogP contribution in [0.2, 0.25) is 5.02 Å². The number of halogens is 1. The fraction of sp³-hybridized carbons (Fsp3) is 0.379. The standard InChI is InChI=1S/C29H34ClN9O4/c1-36(2)11-5-6-25(40)37-12-8-20(9-13-37)39-27-19(16-32-28(35-27)34-24-7-10-31-18-33-24)17-38(29(39)41)22-14-21(42-3)15-23(43-4)26(22)30/h5-7,10,14-16,18,20H,8-9,11-13,17H2,1-4H3,(H,31,32,33,34,35)/b6-5+. The third-order valence-electron chi connectivity index (χ3n) is 7.27. The quantitative estimate of drug-likeness (QED) is 0.359. The van der Waals surface area contributed by atoms with E-state index in [2.05, 4.69) is 20.3 Å². The molecule has 3 amide bonds. The van der Waals surface area contributed by atoms with Crippen LogP contribution < -0.4 is 24.6 Å². The monoisotopic (exact) mass is 607 g/mol. The maximum absolute atomic E-state index is 14.3. The van der Waals surface area contributed by atoms with Gasteiger partial charge in [-0.25, -0.2) is 19.7 Å². The van der Waals surface area contributed by atoms with Gasteiger partial charge in [-0.15, -0.1) is 0 Å². The first-order valence-corrected chi connectivity index (χ1v) is 14.2. The number of piperidine rings is 1. The Kier molecular flexibility index (Phi) is 9.22. The summed E-state index contributed by atoms with van der Waals surface area (Å²) >= 11 is 6.73. The maximum atomic E-state index is 14.3. The molecule has 13 nitrogen and oxygen atoms in total. The highest BCUT2D eigenvalue weighted by Crippen LogP contribution is 2.42. The molecule has 0 saturated carbocycles. The van der Waals surface area contributed by atoms with E-state index in [9.17, 15) is 9.59 Å². The number of urea groups is 1. The molecule has 226 valence electrons. The van der Waals surface area contributed by atoms with Crippen molar-refractivity contribution < 1.29 is 19.1 Å². The molecule has 0 spiro atoms. The number of benzene rings is 1. The summed E-state index contributed by atoms with van der Waals surface area (Å²) in [6.45, 7) is 1.86. The molecule has 2 aliphatic heterocycles. The van der Waals surface area contributed by atoms with Crippen LogP contribution in [0.3, 0.4) is 0 Å². The zero-order valence-corrected chi connectivity index (χ0v) is 25.3. The lowest BCUT2D eigenvalue weighted by Gasteiger charge is -2.43. The number of anilines is 4. The van der Waals surface area contributed by atoms with E-state index in [-0.39, 0.29) is 29.5 Å². The van der Waals surface area contributed by atoms with Crippen molar-refractivity contribution in [3.8, 4) is 11.5 Å². The van der Waals surface area contributed by atoms with Gasteiger partial charge in [0.15, 0.2) is 0 Å². The molecule has 0 radical (unpaired) electrons. The minimum atomic E-state index is -0.299. The number of carbonyl (C=O) groups excluding carboxylic acids is 2. The summed E-state index contributed by atoms with van der Waals surface area (Å²) in [5.41, 5.74) is 1.18. The highest BCUT2D eigenvalue weighted by Gasteiger charge is 2.40. The Bertz CT molecular complexity index is 1500. The summed E-state index contributed by atoms with van der Waals surface area (Å²) in [5, 5.41) is 3.37. The van der Waals surface area contributed by atoms with Crippen LogP contribution in [-0.4, -0.2) is 95.7 Å². The van der Waals surface area contributed by atoms with Gasteiger partial charge in [0.05, 0.1) is 26.5 Å². The number of nitrogens with zero attached hydrogens (tertiary/aromatic N) is 8. The first-order chi connectivity index (χ1) is 20.8. The maximum Gasteiger partial charge on any atom is 0.330 e. The lowest BCUT2D eigenvalue weighted by atomic mass is 10.0. The predicted molar refractivity (Wildman–Crippen MR) is 163 cm³/mol. The lowest BCUT2D eigenvalue weighted by Crippen LogP contribution is -2.55. The Hall–Kier alpha value is -4.49. The molecule has 2 aliphatic rings. The van der Waals surface area contributed by atoms with Gasteiger partial charge in [-0.1, -0.05) is 17.7 Å². The third-order valence-corrected chi connectivity index (χ3v) is 7.65. The Morgan fingerprint density at radius 3 is 2.65 bits per heavy atom. The van der Waals surface area contributed by atoms with E-state index in [4.69, 9.17) is 26.1 Å². The van der Waals surface area contributed by atoms with Crippen LogP contribution in [0.4, 0.5) is 28.1 Å². The highest BCUT2D eigenvalue weighted by atomic mass is 35.5. The van der Waals surface area contributed by atoms with Crippen LogP contribution in [0.15, 0.2) is 49.1 Å². The van der Waals surface area contributed by atoms with Crippen molar-refractivity contribution in [2.75, 3.05) is 63.1 Å². The molecule has 1 N–H and O–H groups in total. The van der Waals surface area contributed by atoms with Crippen LogP contribution in [-0.2, 0) is 11.3 Å². The summed E-state index contributed by atoms with van der Waals surface area (Å²) in [5.74, 6) is 2.15. The Labute approximate surface area is 255 Å². The van der Waals surface area contributed by atoms with Crippen molar-refractivity contribution in [3.63, 3.8) is 0 Å². The number of likely N-dealkylation sites (tertiary alicyclic amines) is 1. The van der Waals surface area contributed by atoms with Gasteiger partial charge in [-0.2, -0.15) is 4.98 Å². The van der Waals surface area contributed by atoms with Gasteiger partial charge < -0.3 is 24.6 Å². The van der Waals surface area contributed by atoms with E-state index in [1.165, 1.54) is 20.5 Å². The number of amides is 3. The summed E-state index contributed by atoms with van der Waals surface area (Å²) in [6.07, 6.45) is 9.33. The predicted octanol–water partition coefficient (Wildman–Crippen LogP) is 3.74. The van der Waals surface area contributed by atoms with Crippen molar-refractivity contribution in [1.82, 2.24) is 29.7 Å². The topological polar surface area (TPSA) is 129 Å². The number of carbonyl (C=O) groups is 2. The molecular weight excluding hydrogens is 574 g/mol. The first-order valence-electron chi connectivity index (χ1n) is 13.8. The molecule has 0 aliphatic carbocycles. The second kappa shape index (κ2) is 13.2. The van der Waals surface area contributed by atoms with Crippen molar-refractivity contribution in [2.45, 2.75) is 25.4 Å². The number of nitrogens with one attached hydrogen (secondary N) is 1. The molecule has 1 fully saturated rings. The summed E-state index contributed by atoms with van der Waals surface area (Å²) in [4.78, 5) is 51.6. The van der Waals surface area contributed by atoms with Gasteiger partial charge in [0, 0.05) is 61.8 Å². The number of methoxy groups -OCH3 is 2. The molecule has 43 heavy (non-hydrogen) atoms. The molecule has 3 aromatic rings. The number of likely N-dealkylation sites (N-methyl/N-ethyl adjacent to an activating group) is 1. The molecule has 1 aromatic carbocycles. The highest BCUT2D eigenvalue weighted by molar-refractivity contribution is 6.35. The molecule has 1 saturated heterocycles. The van der Waals surface area contributed by atoms with Crippen LogP contribution >= 0.6 is 11.6 Å². The second-order valence-electron chi connectivity index (χ2n) is 10.4.